The van der Waals surface area contributed by atoms with Gasteiger partial charge in [-0.3, -0.25) is 13.9 Å². The molecule has 0 saturated heterocycles. The molecule has 0 saturated carbocycles. The van der Waals surface area contributed by atoms with Crippen LogP contribution in [-0.4, -0.2) is 65.2 Å². The van der Waals surface area contributed by atoms with Crippen molar-refractivity contribution in [3.05, 3.63) is 90.0 Å². The minimum Gasteiger partial charge on any atom is -0.497 e. The number of hydrogen-bond donors (Lipinski definition) is 1. The van der Waals surface area contributed by atoms with Crippen LogP contribution in [0.4, 0.5) is 5.69 Å². The molecule has 0 aliphatic rings. The number of sulfonamides is 1. The zero-order valence-corrected chi connectivity index (χ0v) is 22.8. The van der Waals surface area contributed by atoms with E-state index in [4.69, 9.17) is 9.47 Å². The second-order valence-corrected chi connectivity index (χ2v) is 10.6. The lowest BCUT2D eigenvalue weighted by molar-refractivity contribution is -0.139. The molecule has 0 unspecified atom stereocenters. The van der Waals surface area contributed by atoms with Gasteiger partial charge in [-0.05, 0) is 47.5 Å². The molecule has 0 bridgehead atoms. The highest BCUT2D eigenvalue weighted by molar-refractivity contribution is 7.92. The third-order valence-electron chi connectivity index (χ3n) is 6.04. The van der Waals surface area contributed by atoms with Crippen molar-refractivity contribution >= 4 is 27.5 Å². The van der Waals surface area contributed by atoms with Crippen LogP contribution in [0, 0.1) is 0 Å². The molecule has 0 spiro atoms. The van der Waals surface area contributed by atoms with Crippen LogP contribution in [0.25, 0.3) is 0 Å². The summed E-state index contributed by atoms with van der Waals surface area (Å²) in [6.07, 6.45) is 1.29. The molecule has 10 heteroatoms. The van der Waals surface area contributed by atoms with Crippen molar-refractivity contribution in [2.75, 3.05) is 38.4 Å². The first kappa shape index (κ1) is 28.5. The van der Waals surface area contributed by atoms with Crippen LogP contribution in [0.15, 0.2) is 78.9 Å². The van der Waals surface area contributed by atoms with Gasteiger partial charge in [-0.1, -0.05) is 42.5 Å². The fourth-order valence-electron chi connectivity index (χ4n) is 4.05. The predicted molar refractivity (Wildman–Crippen MR) is 147 cm³/mol. The topological polar surface area (TPSA) is 105 Å². The Hall–Kier alpha value is -4.05. The summed E-state index contributed by atoms with van der Waals surface area (Å²) in [5.41, 5.74) is 1.90. The van der Waals surface area contributed by atoms with Gasteiger partial charge < -0.3 is 19.7 Å². The molecule has 38 heavy (non-hydrogen) atoms. The van der Waals surface area contributed by atoms with E-state index in [0.717, 1.165) is 21.7 Å². The Balaban J connectivity index is 2.02. The second kappa shape index (κ2) is 13.0. The molecule has 3 rings (SSSR count). The van der Waals surface area contributed by atoms with Crippen molar-refractivity contribution in [3.8, 4) is 11.5 Å². The van der Waals surface area contributed by atoms with Gasteiger partial charge in [0.05, 0.1) is 26.2 Å². The summed E-state index contributed by atoms with van der Waals surface area (Å²) in [6, 6.07) is 22.0. The summed E-state index contributed by atoms with van der Waals surface area (Å²) in [6.45, 7) is -0.418. The minimum absolute atomic E-state index is 0.0706. The first-order valence-electron chi connectivity index (χ1n) is 12.0. The number of nitrogens with zero attached hydrogens (tertiary/aromatic N) is 2. The second-order valence-electron chi connectivity index (χ2n) is 8.66. The number of amides is 2. The van der Waals surface area contributed by atoms with Gasteiger partial charge in [-0.15, -0.1) is 0 Å². The summed E-state index contributed by atoms with van der Waals surface area (Å²) >= 11 is 0. The van der Waals surface area contributed by atoms with Crippen LogP contribution in [0.3, 0.4) is 0 Å². The van der Waals surface area contributed by atoms with E-state index in [0.29, 0.717) is 17.2 Å². The van der Waals surface area contributed by atoms with Crippen molar-refractivity contribution in [1.29, 1.82) is 0 Å². The van der Waals surface area contributed by atoms with Crippen molar-refractivity contribution in [1.82, 2.24) is 10.2 Å². The predicted octanol–water partition coefficient (Wildman–Crippen LogP) is 2.86. The first-order chi connectivity index (χ1) is 18.2. The number of ether oxygens (including phenoxy) is 2. The number of carbonyl (C=O) groups excluding carboxylic acids is 2. The third-order valence-corrected chi connectivity index (χ3v) is 7.18. The normalized spacial score (nSPS) is 11.8. The summed E-state index contributed by atoms with van der Waals surface area (Å²) in [4.78, 5) is 28.4. The zero-order valence-electron chi connectivity index (χ0n) is 22.0. The van der Waals surface area contributed by atoms with E-state index in [2.05, 4.69) is 5.32 Å². The Labute approximate surface area is 224 Å². The summed E-state index contributed by atoms with van der Waals surface area (Å²) in [5, 5.41) is 2.65. The number of hydrogen-bond acceptors (Lipinski definition) is 6. The highest BCUT2D eigenvalue weighted by Crippen LogP contribution is 2.23. The number of anilines is 1. The van der Waals surface area contributed by atoms with E-state index in [-0.39, 0.29) is 18.9 Å². The molecule has 0 fully saturated rings. The SMILES string of the molecule is CNC(=O)[C@@H](Cc1ccccc1)N(Cc1cccc(OC)c1)C(=O)CN(c1ccc(OC)cc1)S(C)(=O)=O. The molecule has 0 heterocycles. The summed E-state index contributed by atoms with van der Waals surface area (Å²) in [7, 11) is 0.727. The quantitative estimate of drug-likeness (QED) is 0.380. The van der Waals surface area contributed by atoms with Gasteiger partial charge in [-0.2, -0.15) is 0 Å². The number of nitrogens with one attached hydrogen (secondary N) is 1. The number of methoxy groups -OCH3 is 2. The van der Waals surface area contributed by atoms with Crippen LogP contribution < -0.4 is 19.1 Å². The van der Waals surface area contributed by atoms with E-state index in [9.17, 15) is 18.0 Å². The maximum absolute atomic E-state index is 13.9. The Morgan fingerprint density at radius 2 is 1.50 bits per heavy atom. The molecule has 202 valence electrons. The highest BCUT2D eigenvalue weighted by Gasteiger charge is 2.32. The number of benzene rings is 3. The van der Waals surface area contributed by atoms with Gasteiger partial charge in [0.1, 0.15) is 24.1 Å². The van der Waals surface area contributed by atoms with Gasteiger partial charge in [0, 0.05) is 20.0 Å². The van der Waals surface area contributed by atoms with Crippen LogP contribution in [-0.2, 0) is 32.6 Å². The van der Waals surface area contributed by atoms with Gasteiger partial charge in [0.25, 0.3) is 0 Å². The minimum atomic E-state index is -3.84. The fraction of sp³-hybridized carbons (Fsp3) is 0.286. The van der Waals surface area contributed by atoms with Gasteiger partial charge >= 0.3 is 0 Å². The van der Waals surface area contributed by atoms with Crippen molar-refractivity contribution < 1.29 is 27.5 Å². The third kappa shape index (κ3) is 7.48. The van der Waals surface area contributed by atoms with Gasteiger partial charge in [0.15, 0.2) is 0 Å². The average Bonchev–Trinajstić information content (AvgIpc) is 2.93. The monoisotopic (exact) mass is 539 g/mol. The lowest BCUT2D eigenvalue weighted by Crippen LogP contribution is -2.52. The summed E-state index contributed by atoms with van der Waals surface area (Å²) in [5.74, 6) is 0.264. The standard InChI is InChI=1S/C28H33N3O6S/c1-29-28(33)26(18-21-9-6-5-7-10-21)30(19-22-11-8-12-25(17-22)37-3)27(32)20-31(38(4,34)35)23-13-15-24(36-2)16-14-23/h5-17,26H,18-20H2,1-4H3,(H,29,33)/t26-/m1/s1. The highest BCUT2D eigenvalue weighted by atomic mass is 32.2. The van der Waals surface area contributed by atoms with Crippen molar-refractivity contribution in [3.63, 3.8) is 0 Å². The smallest absolute Gasteiger partial charge is 0.244 e. The lowest BCUT2D eigenvalue weighted by atomic mass is 10.0. The molecule has 3 aromatic rings. The Morgan fingerprint density at radius 1 is 0.868 bits per heavy atom. The number of carbonyl (C=O) groups is 2. The van der Waals surface area contributed by atoms with Gasteiger partial charge in [0.2, 0.25) is 21.8 Å². The van der Waals surface area contributed by atoms with Crippen LogP contribution in [0.1, 0.15) is 11.1 Å². The van der Waals surface area contributed by atoms with E-state index >= 15 is 0 Å². The van der Waals surface area contributed by atoms with E-state index in [1.54, 1.807) is 49.6 Å². The van der Waals surface area contributed by atoms with Gasteiger partial charge in [-0.25, -0.2) is 8.42 Å². The summed E-state index contributed by atoms with van der Waals surface area (Å²) < 4.78 is 37.1. The molecular weight excluding hydrogens is 506 g/mol. The Bertz CT molecular complexity index is 1330. The molecule has 3 aromatic carbocycles. The lowest BCUT2D eigenvalue weighted by Gasteiger charge is -2.33. The number of rotatable bonds is 12. The van der Waals surface area contributed by atoms with Crippen LogP contribution >= 0.6 is 0 Å². The largest absolute Gasteiger partial charge is 0.497 e. The molecule has 0 aliphatic carbocycles. The first-order valence-corrected chi connectivity index (χ1v) is 13.8. The van der Waals surface area contributed by atoms with E-state index in [1.165, 1.54) is 19.1 Å². The molecule has 2 amide bonds. The molecule has 1 atom stereocenters. The maximum Gasteiger partial charge on any atom is 0.244 e. The van der Waals surface area contributed by atoms with Crippen LogP contribution in [0.2, 0.25) is 0 Å². The zero-order chi connectivity index (χ0) is 27.7. The van der Waals surface area contributed by atoms with E-state index < -0.39 is 28.5 Å². The van der Waals surface area contributed by atoms with Crippen molar-refractivity contribution in [2.45, 2.75) is 19.0 Å². The molecule has 9 nitrogen and oxygen atoms in total. The average molecular weight is 540 g/mol. The number of likely N-dealkylation sites (N-methyl/N-ethyl adjacent to an activating group) is 1. The van der Waals surface area contributed by atoms with Crippen molar-refractivity contribution in [2.24, 2.45) is 0 Å². The Morgan fingerprint density at radius 3 is 2.08 bits per heavy atom. The van der Waals surface area contributed by atoms with Crippen LogP contribution in [0.5, 0.6) is 11.5 Å². The molecule has 0 aliphatic heterocycles. The molecule has 0 aromatic heterocycles. The molecular formula is C28H33N3O6S. The maximum atomic E-state index is 13.9. The fourth-order valence-corrected chi connectivity index (χ4v) is 4.90. The Kier molecular flexibility index (Phi) is 9.72. The molecule has 0 radical (unpaired) electrons. The van der Waals surface area contributed by atoms with E-state index in [1.807, 2.05) is 36.4 Å². The molecule has 1 N–H and O–H groups in total.